The molecule has 0 atom stereocenters. The third-order valence-corrected chi connectivity index (χ3v) is 3.93. The molecule has 0 aliphatic heterocycles. The van der Waals surface area contributed by atoms with Gasteiger partial charge >= 0.3 is 11.9 Å². The normalized spacial score (nSPS) is 11.3. The fraction of sp³-hybridized carbons (Fsp3) is 0.0500. The molecule has 0 saturated carbocycles. The number of nitrogens with zero attached hydrogens (tertiary/aromatic N) is 3. The van der Waals surface area contributed by atoms with Crippen LogP contribution in [0.5, 0.6) is 11.5 Å². The molecule has 0 aliphatic rings. The molecule has 11 heteroatoms. The number of halogens is 3. The quantitative estimate of drug-likeness (QED) is 0.350. The second-order valence-corrected chi connectivity index (χ2v) is 6.01. The minimum Gasteiger partial charge on any atom is -0.449 e. The Labute approximate surface area is 173 Å². The number of nitrogens with one attached hydrogen (secondary N) is 1. The average Bonchev–Trinajstić information content (AvgIpc) is 2.74. The number of benzene rings is 2. The van der Waals surface area contributed by atoms with E-state index in [-0.39, 0.29) is 11.5 Å². The van der Waals surface area contributed by atoms with Gasteiger partial charge in [-0.05, 0) is 36.4 Å². The van der Waals surface area contributed by atoms with Gasteiger partial charge < -0.3 is 4.74 Å². The molecule has 1 N–H and O–H groups in total. The number of alkyl halides is 3. The monoisotopic (exact) mass is 430 g/mol. The maximum Gasteiger partial charge on any atom is 0.416 e. The zero-order valence-electron chi connectivity index (χ0n) is 15.5. The fourth-order valence-electron chi connectivity index (χ4n) is 2.45. The largest absolute Gasteiger partial charge is 0.449 e. The van der Waals surface area contributed by atoms with E-state index >= 15 is 0 Å². The van der Waals surface area contributed by atoms with E-state index in [1.165, 1.54) is 36.8 Å². The summed E-state index contributed by atoms with van der Waals surface area (Å²) >= 11 is 0. The summed E-state index contributed by atoms with van der Waals surface area (Å²) in [7, 11) is 0. The van der Waals surface area contributed by atoms with Crippen molar-refractivity contribution < 1.29 is 27.6 Å². The van der Waals surface area contributed by atoms with Crippen molar-refractivity contribution in [3.05, 3.63) is 93.8 Å². The van der Waals surface area contributed by atoms with Crippen LogP contribution < -0.4 is 10.2 Å². The Hall–Kier alpha value is -4.28. The maximum absolute atomic E-state index is 12.9. The van der Waals surface area contributed by atoms with Crippen LogP contribution >= 0.6 is 0 Å². The van der Waals surface area contributed by atoms with E-state index in [1.54, 1.807) is 18.2 Å². The average molecular weight is 430 g/mol. The first kappa shape index (κ1) is 21.4. The van der Waals surface area contributed by atoms with Gasteiger partial charge in [0.15, 0.2) is 0 Å². The van der Waals surface area contributed by atoms with Gasteiger partial charge in [0.05, 0.1) is 16.7 Å². The van der Waals surface area contributed by atoms with E-state index in [9.17, 15) is 28.1 Å². The Morgan fingerprint density at radius 1 is 1.10 bits per heavy atom. The summed E-state index contributed by atoms with van der Waals surface area (Å²) in [5, 5.41) is 15.1. The van der Waals surface area contributed by atoms with Crippen molar-refractivity contribution in [1.29, 1.82) is 0 Å². The van der Waals surface area contributed by atoms with Crippen molar-refractivity contribution in [3.63, 3.8) is 0 Å². The standard InChI is InChI=1S/C20H13F3N4O4/c21-20(22,23)15-5-6-18(16(11-15)27(29)30)31-17-4-2-1-3-14(17)12-25-26-19(28)13-7-9-24-10-8-13/h1-12H,(H,26,28)/b25-12-. The number of hydrogen-bond donors (Lipinski definition) is 1. The van der Waals surface area contributed by atoms with Crippen LogP contribution in [0, 0.1) is 10.1 Å². The predicted molar refractivity (Wildman–Crippen MR) is 104 cm³/mol. The number of pyridine rings is 1. The highest BCUT2D eigenvalue weighted by Crippen LogP contribution is 2.38. The highest BCUT2D eigenvalue weighted by Gasteiger charge is 2.33. The molecule has 0 spiro atoms. The van der Waals surface area contributed by atoms with Gasteiger partial charge in [-0.1, -0.05) is 12.1 Å². The van der Waals surface area contributed by atoms with Crippen LogP contribution in [0.1, 0.15) is 21.5 Å². The molecule has 0 saturated heterocycles. The molecule has 1 aromatic heterocycles. The number of carbonyl (C=O) groups is 1. The van der Waals surface area contributed by atoms with Gasteiger partial charge in [0.25, 0.3) is 5.91 Å². The lowest BCUT2D eigenvalue weighted by Gasteiger charge is -2.11. The van der Waals surface area contributed by atoms with Crippen LogP contribution in [-0.2, 0) is 6.18 Å². The number of para-hydroxylation sites is 1. The first-order valence-electron chi connectivity index (χ1n) is 8.61. The third kappa shape index (κ3) is 5.41. The van der Waals surface area contributed by atoms with Gasteiger partial charge in [-0.25, -0.2) is 5.43 Å². The van der Waals surface area contributed by atoms with E-state index in [0.717, 1.165) is 6.07 Å². The number of ether oxygens (including phenoxy) is 1. The number of nitro benzene ring substituents is 1. The first-order chi connectivity index (χ1) is 14.8. The summed E-state index contributed by atoms with van der Waals surface area (Å²) in [6.45, 7) is 0. The lowest BCUT2D eigenvalue weighted by atomic mass is 10.1. The van der Waals surface area contributed by atoms with Gasteiger partial charge in [-0.2, -0.15) is 18.3 Å². The maximum atomic E-state index is 12.9. The Balaban J connectivity index is 1.82. The van der Waals surface area contributed by atoms with Crippen molar-refractivity contribution in [1.82, 2.24) is 10.4 Å². The lowest BCUT2D eigenvalue weighted by molar-refractivity contribution is -0.385. The third-order valence-electron chi connectivity index (χ3n) is 3.93. The van der Waals surface area contributed by atoms with Crippen molar-refractivity contribution in [2.45, 2.75) is 6.18 Å². The number of nitro groups is 1. The Bertz CT molecular complexity index is 1130. The van der Waals surface area contributed by atoms with Crippen LogP contribution in [0.4, 0.5) is 18.9 Å². The molecule has 3 aromatic rings. The van der Waals surface area contributed by atoms with Crippen LogP contribution in [-0.4, -0.2) is 22.0 Å². The topological polar surface area (TPSA) is 107 Å². The van der Waals surface area contributed by atoms with Gasteiger partial charge in [-0.3, -0.25) is 19.9 Å². The summed E-state index contributed by atoms with van der Waals surface area (Å²) in [6, 6.07) is 11.1. The molecule has 31 heavy (non-hydrogen) atoms. The molecular weight excluding hydrogens is 417 g/mol. The molecule has 0 radical (unpaired) electrons. The highest BCUT2D eigenvalue weighted by atomic mass is 19.4. The van der Waals surface area contributed by atoms with Gasteiger partial charge in [-0.15, -0.1) is 0 Å². The van der Waals surface area contributed by atoms with Crippen LogP contribution in [0.15, 0.2) is 72.1 Å². The Morgan fingerprint density at radius 3 is 2.48 bits per heavy atom. The molecule has 2 aromatic carbocycles. The highest BCUT2D eigenvalue weighted by molar-refractivity contribution is 5.94. The first-order valence-corrected chi connectivity index (χ1v) is 8.61. The summed E-state index contributed by atoms with van der Waals surface area (Å²) < 4.78 is 44.1. The number of hydrazone groups is 1. The molecule has 8 nitrogen and oxygen atoms in total. The molecule has 0 fully saturated rings. The number of amides is 1. The van der Waals surface area contributed by atoms with Crippen molar-refractivity contribution in [2.75, 3.05) is 0 Å². The fourth-order valence-corrected chi connectivity index (χ4v) is 2.45. The Morgan fingerprint density at radius 2 is 1.81 bits per heavy atom. The minimum atomic E-state index is -4.74. The summed E-state index contributed by atoms with van der Waals surface area (Å²) in [5.74, 6) is -0.776. The molecule has 1 amide bonds. The van der Waals surface area contributed by atoms with E-state index in [1.807, 2.05) is 0 Å². The molecule has 3 rings (SSSR count). The zero-order chi connectivity index (χ0) is 22.4. The minimum absolute atomic E-state index is 0.0901. The molecular formula is C20H13F3N4O4. The molecule has 158 valence electrons. The molecule has 0 unspecified atom stereocenters. The number of carbonyl (C=O) groups excluding carboxylic acids is 1. The molecule has 0 bridgehead atoms. The SMILES string of the molecule is O=C(N/N=C\c1ccccc1Oc1ccc(C(F)(F)F)cc1[N+](=O)[O-])c1ccncc1. The second kappa shape index (κ2) is 9.03. The van der Waals surface area contributed by atoms with Crippen molar-refractivity contribution in [2.24, 2.45) is 5.10 Å². The van der Waals surface area contributed by atoms with E-state index < -0.39 is 28.3 Å². The summed E-state index contributed by atoms with van der Waals surface area (Å²) in [5.41, 5.74) is 0.956. The van der Waals surface area contributed by atoms with Crippen LogP contribution in [0.25, 0.3) is 0 Å². The molecule has 0 aliphatic carbocycles. The van der Waals surface area contributed by atoms with Gasteiger partial charge in [0.1, 0.15) is 5.75 Å². The van der Waals surface area contributed by atoms with Crippen LogP contribution in [0.3, 0.4) is 0 Å². The van der Waals surface area contributed by atoms with Gasteiger partial charge in [0.2, 0.25) is 5.75 Å². The molecule has 1 heterocycles. The van der Waals surface area contributed by atoms with E-state index in [0.29, 0.717) is 23.3 Å². The van der Waals surface area contributed by atoms with Crippen molar-refractivity contribution >= 4 is 17.8 Å². The summed E-state index contributed by atoms with van der Waals surface area (Å²) in [6.07, 6.45) is -0.608. The number of aromatic nitrogens is 1. The Kier molecular flexibility index (Phi) is 6.24. The lowest BCUT2D eigenvalue weighted by Crippen LogP contribution is -2.17. The number of rotatable bonds is 6. The predicted octanol–water partition coefficient (Wildman–Crippen LogP) is 4.56. The van der Waals surface area contributed by atoms with Gasteiger partial charge in [0, 0.05) is 29.6 Å². The van der Waals surface area contributed by atoms with Crippen LogP contribution in [0.2, 0.25) is 0 Å². The summed E-state index contributed by atoms with van der Waals surface area (Å²) in [4.78, 5) is 26.1. The zero-order valence-corrected chi connectivity index (χ0v) is 15.5. The van der Waals surface area contributed by atoms with E-state index in [4.69, 9.17) is 4.74 Å². The smallest absolute Gasteiger partial charge is 0.416 e. The van der Waals surface area contributed by atoms with E-state index in [2.05, 4.69) is 15.5 Å². The van der Waals surface area contributed by atoms with Crippen molar-refractivity contribution in [3.8, 4) is 11.5 Å². The number of hydrogen-bond acceptors (Lipinski definition) is 6. The second-order valence-electron chi connectivity index (χ2n) is 6.01.